The van der Waals surface area contributed by atoms with Gasteiger partial charge in [0.05, 0.1) is 19.3 Å². The number of esters is 2. The summed E-state index contributed by atoms with van der Waals surface area (Å²) in [5.41, 5.74) is 11.4. The van der Waals surface area contributed by atoms with Gasteiger partial charge in [-0.1, -0.05) is 181 Å². The number of hydrogen-bond acceptors (Lipinski definition) is 7. The molecule has 2 unspecified atom stereocenters. The molecule has 0 saturated carbocycles. The lowest BCUT2D eigenvalue weighted by Crippen LogP contribution is -2.49. The summed E-state index contributed by atoms with van der Waals surface area (Å²) in [4.78, 5) is 38.4. The van der Waals surface area contributed by atoms with Crippen molar-refractivity contribution in [2.24, 2.45) is 11.5 Å². The quantitative estimate of drug-likeness (QED) is 0.0178. The molecule has 0 bridgehead atoms. The van der Waals surface area contributed by atoms with Crippen LogP contribution < -0.4 is 22.1 Å². The third kappa shape index (κ3) is 36.4. The van der Waals surface area contributed by atoms with Crippen molar-refractivity contribution in [3.8, 4) is 0 Å². The van der Waals surface area contributed by atoms with Crippen molar-refractivity contribution in [1.29, 1.82) is 5.41 Å². The highest BCUT2D eigenvalue weighted by Gasteiger charge is 2.26. The van der Waals surface area contributed by atoms with Crippen LogP contribution in [0.5, 0.6) is 0 Å². The molecule has 0 aromatic rings. The van der Waals surface area contributed by atoms with Crippen LogP contribution in [0.15, 0.2) is 0 Å². The van der Waals surface area contributed by atoms with Gasteiger partial charge in [-0.25, -0.2) is 4.79 Å². The summed E-state index contributed by atoms with van der Waals surface area (Å²) in [6, 6.07) is -1.80. The molecule has 0 spiro atoms. The zero-order valence-corrected chi connectivity index (χ0v) is 34.6. The van der Waals surface area contributed by atoms with Crippen LogP contribution >= 0.6 is 0 Å². The maximum absolute atomic E-state index is 13.0. The van der Waals surface area contributed by atoms with Crippen LogP contribution in [0.1, 0.15) is 219 Å². The zero-order valence-electron chi connectivity index (χ0n) is 34.6. The monoisotopic (exact) mass is 752 g/mol. The van der Waals surface area contributed by atoms with Gasteiger partial charge < -0.3 is 31.6 Å². The molecule has 0 fully saturated rings. The first kappa shape index (κ1) is 50.6. The van der Waals surface area contributed by atoms with Crippen LogP contribution in [-0.4, -0.2) is 55.6 Å². The van der Waals surface area contributed by atoms with Gasteiger partial charge in [-0.15, -0.1) is 0 Å². The van der Waals surface area contributed by atoms with Crippen LogP contribution in [0.25, 0.3) is 0 Å². The Balaban J connectivity index is 4.31. The molecule has 10 heteroatoms. The van der Waals surface area contributed by atoms with Gasteiger partial charge in [0.15, 0.2) is 5.96 Å². The molecule has 0 aliphatic rings. The average molecular weight is 752 g/mol. The van der Waals surface area contributed by atoms with E-state index in [2.05, 4.69) is 24.5 Å². The third-order valence-corrected chi connectivity index (χ3v) is 10.1. The molecular weight excluding hydrogens is 667 g/mol. The maximum Gasteiger partial charge on any atom is 0.328 e. The van der Waals surface area contributed by atoms with Gasteiger partial charge in [-0.3, -0.25) is 15.0 Å². The molecule has 0 aliphatic carbocycles. The first-order chi connectivity index (χ1) is 25.8. The van der Waals surface area contributed by atoms with E-state index < -0.39 is 24.0 Å². The van der Waals surface area contributed by atoms with E-state index in [9.17, 15) is 14.4 Å². The Hall–Kier alpha value is -2.36. The lowest BCUT2D eigenvalue weighted by Gasteiger charge is -2.20. The Kier molecular flexibility index (Phi) is 37.6. The second-order valence-electron chi connectivity index (χ2n) is 15.3. The molecule has 0 aliphatic heterocycles. The predicted molar refractivity (Wildman–Crippen MR) is 221 cm³/mol. The van der Waals surface area contributed by atoms with Crippen molar-refractivity contribution >= 4 is 23.8 Å². The molecule has 2 atom stereocenters. The number of hydrogen-bond donors (Lipinski definition) is 5. The second-order valence-corrected chi connectivity index (χ2v) is 15.3. The number of carbonyl (C=O) groups is 3. The van der Waals surface area contributed by atoms with E-state index in [0.29, 0.717) is 26.0 Å². The SMILES string of the molecule is CCCCCCCCCCCCCCCCOC(=O)CCC(NC(=O)C(N)CCCNC(=N)N)C(=O)OCCCCCCCCCCCCCCCC. The minimum absolute atomic E-state index is 0.00920. The van der Waals surface area contributed by atoms with Crippen molar-refractivity contribution in [1.82, 2.24) is 10.6 Å². The van der Waals surface area contributed by atoms with Crippen molar-refractivity contribution in [2.45, 2.75) is 231 Å². The van der Waals surface area contributed by atoms with Crippen molar-refractivity contribution < 1.29 is 23.9 Å². The van der Waals surface area contributed by atoms with Gasteiger partial charge in [-0.05, 0) is 32.1 Å². The molecule has 312 valence electrons. The maximum atomic E-state index is 13.0. The van der Waals surface area contributed by atoms with Gasteiger partial charge in [-0.2, -0.15) is 0 Å². The molecule has 0 saturated heterocycles. The fraction of sp³-hybridized carbons (Fsp3) is 0.907. The molecule has 0 aromatic carbocycles. The molecule has 10 nitrogen and oxygen atoms in total. The fourth-order valence-electron chi connectivity index (χ4n) is 6.59. The summed E-state index contributed by atoms with van der Waals surface area (Å²) in [6.45, 7) is 5.60. The van der Waals surface area contributed by atoms with Crippen LogP contribution in [0, 0.1) is 5.41 Å². The van der Waals surface area contributed by atoms with Gasteiger partial charge >= 0.3 is 11.9 Å². The van der Waals surface area contributed by atoms with Crippen molar-refractivity contribution in [3.05, 3.63) is 0 Å². The molecule has 0 aromatic heterocycles. The van der Waals surface area contributed by atoms with E-state index in [-0.39, 0.29) is 31.4 Å². The topological polar surface area (TPSA) is 170 Å². The Morgan fingerprint density at radius 1 is 0.547 bits per heavy atom. The minimum atomic E-state index is -0.968. The Labute approximate surface area is 325 Å². The minimum Gasteiger partial charge on any atom is -0.466 e. The first-order valence-corrected chi connectivity index (χ1v) is 22.3. The number of carbonyl (C=O) groups excluding carboxylic acids is 3. The fourth-order valence-corrected chi connectivity index (χ4v) is 6.59. The number of rotatable bonds is 40. The molecule has 1 amide bonds. The molecular formula is C43H85N5O5. The highest BCUT2D eigenvalue weighted by molar-refractivity contribution is 5.87. The lowest BCUT2D eigenvalue weighted by molar-refractivity contribution is -0.149. The van der Waals surface area contributed by atoms with E-state index >= 15 is 0 Å². The van der Waals surface area contributed by atoms with Crippen LogP contribution in [-0.2, 0) is 23.9 Å². The Morgan fingerprint density at radius 3 is 1.32 bits per heavy atom. The number of unbranched alkanes of at least 4 members (excludes halogenated alkanes) is 26. The molecule has 0 radical (unpaired) electrons. The van der Waals surface area contributed by atoms with Crippen molar-refractivity contribution in [2.75, 3.05) is 19.8 Å². The smallest absolute Gasteiger partial charge is 0.328 e. The first-order valence-electron chi connectivity index (χ1n) is 22.3. The number of ether oxygens (including phenoxy) is 2. The number of nitrogens with one attached hydrogen (secondary N) is 3. The largest absolute Gasteiger partial charge is 0.466 e. The lowest BCUT2D eigenvalue weighted by atomic mass is 10.0. The second kappa shape index (κ2) is 39.3. The zero-order chi connectivity index (χ0) is 39.0. The van der Waals surface area contributed by atoms with E-state index in [0.717, 1.165) is 38.5 Å². The molecule has 53 heavy (non-hydrogen) atoms. The van der Waals surface area contributed by atoms with E-state index in [1.165, 1.54) is 141 Å². The van der Waals surface area contributed by atoms with Gasteiger partial charge in [0.25, 0.3) is 0 Å². The average Bonchev–Trinajstić information content (AvgIpc) is 3.14. The Morgan fingerprint density at radius 2 is 0.925 bits per heavy atom. The summed E-state index contributed by atoms with van der Waals surface area (Å²) in [5, 5.41) is 12.6. The normalized spacial score (nSPS) is 12.3. The van der Waals surface area contributed by atoms with E-state index in [1.54, 1.807) is 0 Å². The number of guanidine groups is 1. The van der Waals surface area contributed by atoms with E-state index in [4.69, 9.17) is 26.4 Å². The van der Waals surface area contributed by atoms with Gasteiger partial charge in [0, 0.05) is 13.0 Å². The highest BCUT2D eigenvalue weighted by Crippen LogP contribution is 2.15. The summed E-state index contributed by atoms with van der Waals surface area (Å²) in [6.07, 6.45) is 36.2. The van der Waals surface area contributed by atoms with Crippen molar-refractivity contribution in [3.63, 3.8) is 0 Å². The number of nitrogens with two attached hydrogens (primary N) is 2. The molecule has 0 rings (SSSR count). The highest BCUT2D eigenvalue weighted by atomic mass is 16.5. The van der Waals surface area contributed by atoms with Crippen LogP contribution in [0.4, 0.5) is 0 Å². The van der Waals surface area contributed by atoms with Crippen LogP contribution in [0.3, 0.4) is 0 Å². The summed E-state index contributed by atoms with van der Waals surface area (Å²) in [5.74, 6) is -1.53. The Bertz CT molecular complexity index is 874. The predicted octanol–water partition coefficient (Wildman–Crippen LogP) is 9.89. The molecule has 0 heterocycles. The van der Waals surface area contributed by atoms with Gasteiger partial charge in [0.1, 0.15) is 6.04 Å². The molecule has 7 N–H and O–H groups in total. The number of amides is 1. The summed E-state index contributed by atoms with van der Waals surface area (Å²) >= 11 is 0. The standard InChI is InChI=1S/C43H85N5O5/c1-3-5-7-9-11-13-15-17-19-21-23-25-27-29-36-52-40(49)34-33-39(48-41(50)38(44)32-31-35-47-43(45)46)42(51)53-37-30-28-26-24-22-20-18-16-14-12-10-8-6-4-2/h38-39H,3-37,44H2,1-2H3,(H,48,50)(H4,45,46,47). The van der Waals surface area contributed by atoms with Gasteiger partial charge in [0.2, 0.25) is 5.91 Å². The third-order valence-electron chi connectivity index (χ3n) is 10.1. The van der Waals surface area contributed by atoms with E-state index in [1.807, 2.05) is 0 Å². The summed E-state index contributed by atoms with van der Waals surface area (Å²) < 4.78 is 11.0. The van der Waals surface area contributed by atoms with Crippen LogP contribution in [0.2, 0.25) is 0 Å². The summed E-state index contributed by atoms with van der Waals surface area (Å²) in [7, 11) is 0.